The van der Waals surface area contributed by atoms with Crippen molar-refractivity contribution in [2.45, 2.75) is 39.2 Å². The van der Waals surface area contributed by atoms with Crippen LogP contribution in [0.25, 0.3) is 21.5 Å². The second kappa shape index (κ2) is 6.92. The molecule has 0 saturated carbocycles. The molecule has 0 atom stereocenters. The third-order valence-corrected chi connectivity index (χ3v) is 7.79. The van der Waals surface area contributed by atoms with Crippen LogP contribution >= 0.6 is 11.3 Å². The van der Waals surface area contributed by atoms with Gasteiger partial charge in [-0.1, -0.05) is 54.1 Å². The molecule has 154 valence electrons. The molecule has 3 heterocycles. The summed E-state index contributed by atoms with van der Waals surface area (Å²) in [5, 5.41) is 12.2. The van der Waals surface area contributed by atoms with E-state index in [-0.39, 0.29) is 11.3 Å². The third kappa shape index (κ3) is 2.80. The summed E-state index contributed by atoms with van der Waals surface area (Å²) < 4.78 is 2.14. The second-order valence-corrected chi connectivity index (χ2v) is 9.55. The van der Waals surface area contributed by atoms with E-state index in [1.807, 2.05) is 49.4 Å². The van der Waals surface area contributed by atoms with Gasteiger partial charge in [0, 0.05) is 10.4 Å². The van der Waals surface area contributed by atoms with Gasteiger partial charge in [0.1, 0.15) is 16.4 Å². The lowest BCUT2D eigenvalue weighted by Gasteiger charge is -2.25. The quantitative estimate of drug-likeness (QED) is 0.361. The number of aryl methyl sites for hydroxylation is 3. The highest BCUT2D eigenvalue weighted by atomic mass is 32.1. The molecular formula is C26H22N2O2S. The van der Waals surface area contributed by atoms with Crippen LogP contribution in [0.3, 0.4) is 0 Å². The first-order valence-corrected chi connectivity index (χ1v) is 11.6. The van der Waals surface area contributed by atoms with Crippen LogP contribution < -0.4 is 5.56 Å². The number of aliphatic hydroxyl groups is 1. The van der Waals surface area contributed by atoms with E-state index < -0.39 is 0 Å². The molecule has 31 heavy (non-hydrogen) atoms. The van der Waals surface area contributed by atoms with Crippen LogP contribution in [0.15, 0.2) is 53.3 Å². The molecule has 2 aromatic heterocycles. The zero-order valence-electron chi connectivity index (χ0n) is 17.3. The van der Waals surface area contributed by atoms with Crippen molar-refractivity contribution in [3.05, 3.63) is 97.4 Å². The average molecular weight is 427 g/mol. The number of fused-ring (bicyclic) bond motifs is 6. The Bertz CT molecular complexity index is 1440. The van der Waals surface area contributed by atoms with Gasteiger partial charge in [0.15, 0.2) is 0 Å². The van der Waals surface area contributed by atoms with Gasteiger partial charge in [-0.25, -0.2) is 0 Å². The maximum absolute atomic E-state index is 13.2. The number of hydrogen-bond donors (Lipinski definition) is 1. The molecule has 0 radical (unpaired) electrons. The molecule has 0 bridgehead atoms. The van der Waals surface area contributed by atoms with Gasteiger partial charge in [-0.3, -0.25) is 4.79 Å². The van der Waals surface area contributed by atoms with Gasteiger partial charge in [0.2, 0.25) is 0 Å². The maximum Gasteiger partial charge on any atom is 0.282 e. The summed E-state index contributed by atoms with van der Waals surface area (Å²) in [5.41, 5.74) is 5.58. The van der Waals surface area contributed by atoms with Gasteiger partial charge >= 0.3 is 0 Å². The molecule has 1 N–H and O–H groups in total. The van der Waals surface area contributed by atoms with Crippen LogP contribution in [0.5, 0.6) is 0 Å². The fourth-order valence-electron chi connectivity index (χ4n) is 4.89. The highest BCUT2D eigenvalue weighted by Crippen LogP contribution is 2.40. The zero-order valence-corrected chi connectivity index (χ0v) is 18.1. The Morgan fingerprint density at radius 3 is 2.68 bits per heavy atom. The topological polar surface area (TPSA) is 55.1 Å². The molecule has 0 saturated heterocycles. The van der Waals surface area contributed by atoms with Crippen LogP contribution in [0, 0.1) is 6.92 Å². The second-order valence-electron chi connectivity index (χ2n) is 8.46. The lowest BCUT2D eigenvalue weighted by molar-refractivity contribution is 0.512. The molecule has 6 rings (SSSR count). The predicted octanol–water partition coefficient (Wildman–Crippen LogP) is 5.48. The monoisotopic (exact) mass is 426 g/mol. The standard InChI is InChI=1S/C26H22N2O2S/c1-15-10-12-16(13-11-15)23(29)21-18-7-3-2-6-17(18)14-28-24(21)27-25(30)22-19-8-4-5-9-20(19)31-26(22)28/h2-3,6-7,10-13,29H,4-5,8-9,14H2,1H3. The summed E-state index contributed by atoms with van der Waals surface area (Å²) in [6, 6.07) is 15.9. The van der Waals surface area contributed by atoms with Crippen molar-refractivity contribution in [1.29, 1.82) is 0 Å². The van der Waals surface area contributed by atoms with Gasteiger partial charge in [-0.05, 0) is 49.3 Å². The van der Waals surface area contributed by atoms with E-state index in [1.54, 1.807) is 11.3 Å². The van der Waals surface area contributed by atoms with Crippen LogP contribution in [0.4, 0.5) is 0 Å². The minimum absolute atomic E-state index is 0.161. The van der Waals surface area contributed by atoms with E-state index in [1.165, 1.54) is 16.9 Å². The number of hydrogen-bond acceptors (Lipinski definition) is 4. The van der Waals surface area contributed by atoms with Crippen molar-refractivity contribution in [1.82, 2.24) is 9.55 Å². The van der Waals surface area contributed by atoms with Gasteiger partial charge in [0.05, 0.1) is 17.5 Å². The summed E-state index contributed by atoms with van der Waals surface area (Å²) in [6.07, 6.45) is 4.30. The molecule has 0 spiro atoms. The predicted molar refractivity (Wildman–Crippen MR) is 126 cm³/mol. The number of aliphatic hydroxyl groups excluding tert-OH is 1. The summed E-state index contributed by atoms with van der Waals surface area (Å²) in [7, 11) is 0. The Balaban J connectivity index is 1.69. The SMILES string of the molecule is Cc1ccc(C(O)=C2c3ccccc3Cn3c2nc(=O)c2c4c(sc23)CCCC4)cc1. The largest absolute Gasteiger partial charge is 0.507 e. The Morgan fingerprint density at radius 2 is 1.84 bits per heavy atom. The number of thiophene rings is 1. The van der Waals surface area contributed by atoms with E-state index >= 15 is 0 Å². The summed E-state index contributed by atoms with van der Waals surface area (Å²) in [6.45, 7) is 2.68. The number of aromatic nitrogens is 2. The molecular weight excluding hydrogens is 404 g/mol. The van der Waals surface area contributed by atoms with Gasteiger partial charge in [-0.15, -0.1) is 11.3 Å². The molecule has 4 nitrogen and oxygen atoms in total. The van der Waals surface area contributed by atoms with Crippen molar-refractivity contribution in [3.8, 4) is 0 Å². The van der Waals surface area contributed by atoms with Crippen molar-refractivity contribution in [2.24, 2.45) is 0 Å². The Kier molecular flexibility index (Phi) is 4.15. The van der Waals surface area contributed by atoms with Crippen molar-refractivity contribution >= 4 is 32.9 Å². The normalized spacial score (nSPS) is 16.5. The molecule has 0 unspecified atom stereocenters. The highest BCUT2D eigenvalue weighted by Gasteiger charge is 2.29. The van der Waals surface area contributed by atoms with Crippen molar-refractivity contribution in [2.75, 3.05) is 0 Å². The van der Waals surface area contributed by atoms with E-state index in [0.29, 0.717) is 17.9 Å². The van der Waals surface area contributed by atoms with E-state index in [0.717, 1.165) is 51.7 Å². The molecule has 1 aliphatic carbocycles. The smallest absolute Gasteiger partial charge is 0.282 e. The fourth-order valence-corrected chi connectivity index (χ4v) is 6.27. The average Bonchev–Trinajstić information content (AvgIpc) is 3.19. The minimum Gasteiger partial charge on any atom is -0.507 e. The molecule has 2 aromatic carbocycles. The highest BCUT2D eigenvalue weighted by molar-refractivity contribution is 7.18. The molecule has 1 aliphatic heterocycles. The van der Waals surface area contributed by atoms with Crippen LogP contribution in [-0.4, -0.2) is 14.7 Å². The maximum atomic E-state index is 13.2. The van der Waals surface area contributed by atoms with Crippen molar-refractivity contribution in [3.63, 3.8) is 0 Å². The molecule has 2 aliphatic rings. The number of rotatable bonds is 1. The summed E-state index contributed by atoms with van der Waals surface area (Å²) in [5.74, 6) is 0.723. The lowest BCUT2D eigenvalue weighted by Crippen LogP contribution is -2.23. The Hall–Kier alpha value is -3.18. The molecule has 5 heteroatoms. The summed E-state index contributed by atoms with van der Waals surface area (Å²) in [4.78, 5) is 20.1. The number of benzene rings is 2. The van der Waals surface area contributed by atoms with Gasteiger partial charge in [0.25, 0.3) is 5.56 Å². The third-order valence-electron chi connectivity index (χ3n) is 6.48. The Labute approximate surface area is 184 Å². The van der Waals surface area contributed by atoms with Crippen molar-refractivity contribution < 1.29 is 5.11 Å². The fraction of sp³-hybridized carbons (Fsp3) is 0.231. The first-order chi connectivity index (χ1) is 15.1. The minimum atomic E-state index is -0.172. The first kappa shape index (κ1) is 18.6. The summed E-state index contributed by atoms with van der Waals surface area (Å²) >= 11 is 1.73. The molecule has 0 fully saturated rings. The van der Waals surface area contributed by atoms with E-state index in [9.17, 15) is 9.90 Å². The van der Waals surface area contributed by atoms with Gasteiger partial charge < -0.3 is 9.67 Å². The first-order valence-electron chi connectivity index (χ1n) is 10.8. The van der Waals surface area contributed by atoms with Crippen LogP contribution in [0.2, 0.25) is 0 Å². The van der Waals surface area contributed by atoms with Gasteiger partial charge in [-0.2, -0.15) is 4.98 Å². The van der Waals surface area contributed by atoms with E-state index in [4.69, 9.17) is 0 Å². The molecule has 4 aromatic rings. The zero-order chi connectivity index (χ0) is 21.1. The Morgan fingerprint density at radius 1 is 1.06 bits per heavy atom. The number of nitrogens with zero attached hydrogens (tertiary/aromatic N) is 2. The molecule has 0 amide bonds. The van der Waals surface area contributed by atoms with Crippen LogP contribution in [0.1, 0.15) is 51.4 Å². The van der Waals surface area contributed by atoms with Crippen LogP contribution in [-0.2, 0) is 19.4 Å². The lowest BCUT2D eigenvalue weighted by atomic mass is 9.92. The van der Waals surface area contributed by atoms with E-state index in [2.05, 4.69) is 15.6 Å².